The van der Waals surface area contributed by atoms with Gasteiger partial charge in [-0.1, -0.05) is 12.1 Å². The quantitative estimate of drug-likeness (QED) is 0.508. The summed E-state index contributed by atoms with van der Waals surface area (Å²) in [6.45, 7) is 0. The highest BCUT2D eigenvalue weighted by Crippen LogP contribution is 2.24. The molecule has 0 amide bonds. The van der Waals surface area contributed by atoms with Crippen molar-refractivity contribution in [3.8, 4) is 0 Å². The lowest BCUT2D eigenvalue weighted by Crippen LogP contribution is -2.31. The third kappa shape index (κ3) is 3.44. The number of carboxylic acid groups (broad SMARTS) is 2. The number of hydrogen-bond donors (Lipinski definition) is 3. The Morgan fingerprint density at radius 1 is 1.33 bits per heavy atom. The number of carboxylic acids is 2. The Balaban J connectivity index is 2.97. The van der Waals surface area contributed by atoms with Crippen molar-refractivity contribution in [3.63, 3.8) is 0 Å². The van der Waals surface area contributed by atoms with Crippen LogP contribution in [0.1, 0.15) is 6.42 Å². The molecule has 0 spiro atoms. The molecule has 1 aromatic carbocycles. The fourth-order valence-electron chi connectivity index (χ4n) is 1.32. The Kier molecular flexibility index (Phi) is 4.19. The van der Waals surface area contributed by atoms with Crippen molar-refractivity contribution in [2.45, 2.75) is 12.5 Å². The van der Waals surface area contributed by atoms with Crippen molar-refractivity contribution < 1.29 is 24.7 Å². The van der Waals surface area contributed by atoms with Crippen LogP contribution in [-0.2, 0) is 9.59 Å². The van der Waals surface area contributed by atoms with Gasteiger partial charge in [0.1, 0.15) is 11.7 Å². The molecule has 0 saturated carbocycles. The van der Waals surface area contributed by atoms with Crippen LogP contribution in [0, 0.1) is 10.1 Å². The highest BCUT2D eigenvalue weighted by Gasteiger charge is 2.23. The lowest BCUT2D eigenvalue weighted by atomic mass is 10.2. The normalized spacial score (nSPS) is 11.6. The number of rotatable bonds is 6. The second-order valence-electron chi connectivity index (χ2n) is 3.41. The summed E-state index contributed by atoms with van der Waals surface area (Å²) in [7, 11) is 0. The zero-order chi connectivity index (χ0) is 13.7. The Morgan fingerprint density at radius 2 is 1.94 bits per heavy atom. The van der Waals surface area contributed by atoms with Gasteiger partial charge in [0.05, 0.1) is 11.3 Å². The summed E-state index contributed by atoms with van der Waals surface area (Å²) in [6.07, 6.45) is -0.679. The molecule has 8 heteroatoms. The summed E-state index contributed by atoms with van der Waals surface area (Å²) < 4.78 is 0. The first kappa shape index (κ1) is 13.4. The number of anilines is 1. The van der Waals surface area contributed by atoms with Crippen molar-refractivity contribution in [3.05, 3.63) is 34.4 Å². The average Bonchev–Trinajstić information content (AvgIpc) is 2.27. The van der Waals surface area contributed by atoms with Gasteiger partial charge in [0.25, 0.3) is 5.69 Å². The van der Waals surface area contributed by atoms with Crippen LogP contribution >= 0.6 is 0 Å². The van der Waals surface area contributed by atoms with Gasteiger partial charge in [-0.05, 0) is 6.07 Å². The molecule has 1 aromatic rings. The van der Waals surface area contributed by atoms with Crippen LogP contribution in [0.25, 0.3) is 0 Å². The number of nitro groups is 1. The lowest BCUT2D eigenvalue weighted by Gasteiger charge is -2.13. The van der Waals surface area contributed by atoms with Crippen LogP contribution in [0.3, 0.4) is 0 Å². The van der Waals surface area contributed by atoms with E-state index >= 15 is 0 Å². The maximum atomic E-state index is 10.8. The van der Waals surface area contributed by atoms with Gasteiger partial charge in [0.15, 0.2) is 0 Å². The maximum absolute atomic E-state index is 10.8. The molecule has 8 nitrogen and oxygen atoms in total. The number of carbonyl (C=O) groups is 2. The minimum absolute atomic E-state index is 0.0313. The van der Waals surface area contributed by atoms with Gasteiger partial charge in [-0.2, -0.15) is 0 Å². The number of benzene rings is 1. The highest BCUT2D eigenvalue weighted by molar-refractivity contribution is 5.84. The maximum Gasteiger partial charge on any atom is 0.326 e. The zero-order valence-corrected chi connectivity index (χ0v) is 9.07. The van der Waals surface area contributed by atoms with Crippen molar-refractivity contribution in [2.75, 3.05) is 5.32 Å². The smallest absolute Gasteiger partial charge is 0.326 e. The van der Waals surface area contributed by atoms with E-state index in [-0.39, 0.29) is 11.4 Å². The van der Waals surface area contributed by atoms with Gasteiger partial charge in [0.2, 0.25) is 0 Å². The molecule has 0 unspecified atom stereocenters. The molecule has 0 bridgehead atoms. The Morgan fingerprint density at radius 3 is 2.44 bits per heavy atom. The number of para-hydroxylation sites is 2. The zero-order valence-electron chi connectivity index (χ0n) is 9.07. The van der Waals surface area contributed by atoms with Gasteiger partial charge >= 0.3 is 11.9 Å². The third-order valence-electron chi connectivity index (χ3n) is 2.11. The van der Waals surface area contributed by atoms with E-state index in [1.165, 1.54) is 24.3 Å². The minimum Gasteiger partial charge on any atom is -0.481 e. The predicted molar refractivity (Wildman–Crippen MR) is 60.4 cm³/mol. The molecular formula is C10H10N2O6. The van der Waals surface area contributed by atoms with Crippen molar-refractivity contribution >= 4 is 23.3 Å². The van der Waals surface area contributed by atoms with Crippen molar-refractivity contribution in [1.82, 2.24) is 0 Å². The van der Waals surface area contributed by atoms with Gasteiger partial charge in [-0.15, -0.1) is 0 Å². The van der Waals surface area contributed by atoms with Crippen LogP contribution in [0.5, 0.6) is 0 Å². The van der Waals surface area contributed by atoms with Crippen molar-refractivity contribution in [1.29, 1.82) is 0 Å². The number of nitrogens with one attached hydrogen (secondary N) is 1. The largest absolute Gasteiger partial charge is 0.481 e. The van der Waals surface area contributed by atoms with E-state index in [0.717, 1.165) is 0 Å². The summed E-state index contributed by atoms with van der Waals surface area (Å²) >= 11 is 0. The summed E-state index contributed by atoms with van der Waals surface area (Å²) in [5.41, 5.74) is -0.342. The molecule has 0 radical (unpaired) electrons. The number of hydrogen-bond acceptors (Lipinski definition) is 5. The Bertz CT molecular complexity index is 487. The molecule has 3 N–H and O–H groups in total. The number of nitro benzene ring substituents is 1. The van der Waals surface area contributed by atoms with E-state index in [1.807, 2.05) is 0 Å². The molecular weight excluding hydrogens is 244 g/mol. The molecule has 0 aliphatic carbocycles. The fourth-order valence-corrected chi connectivity index (χ4v) is 1.32. The van der Waals surface area contributed by atoms with Crippen LogP contribution in [0.2, 0.25) is 0 Å². The minimum atomic E-state index is -1.43. The van der Waals surface area contributed by atoms with Crippen LogP contribution in [0.4, 0.5) is 11.4 Å². The first-order valence-electron chi connectivity index (χ1n) is 4.86. The lowest BCUT2D eigenvalue weighted by molar-refractivity contribution is -0.384. The molecule has 0 fully saturated rings. The molecule has 1 rings (SSSR count). The molecule has 18 heavy (non-hydrogen) atoms. The second-order valence-corrected chi connectivity index (χ2v) is 3.41. The molecule has 0 aromatic heterocycles. The fraction of sp³-hybridized carbons (Fsp3) is 0.200. The van der Waals surface area contributed by atoms with Crippen LogP contribution in [0.15, 0.2) is 24.3 Å². The average molecular weight is 254 g/mol. The van der Waals surface area contributed by atoms with E-state index in [9.17, 15) is 19.7 Å². The molecule has 0 aliphatic heterocycles. The summed E-state index contributed by atoms with van der Waals surface area (Å²) in [4.78, 5) is 31.3. The SMILES string of the molecule is O=C(O)C[C@H](Nc1ccccc1[N+](=O)[O-])C(=O)O. The first-order chi connectivity index (χ1) is 8.41. The summed E-state index contributed by atoms with van der Waals surface area (Å²) in [5, 5.41) is 30.4. The molecule has 1 atom stereocenters. The number of nitrogens with zero attached hydrogens (tertiary/aromatic N) is 1. The van der Waals surface area contributed by atoms with Gasteiger partial charge in [-0.3, -0.25) is 14.9 Å². The predicted octanol–water partition coefficient (Wildman–Crippen LogP) is 0.935. The summed E-state index contributed by atoms with van der Waals surface area (Å²) in [6, 6.07) is 3.99. The molecule has 0 aliphatic rings. The third-order valence-corrected chi connectivity index (χ3v) is 2.11. The standard InChI is InChI=1S/C10H10N2O6/c13-9(14)5-7(10(15)16)11-6-3-1-2-4-8(6)12(17)18/h1-4,7,11H,5H2,(H,13,14)(H,15,16)/t7-/m0/s1. The van der Waals surface area contributed by atoms with E-state index in [4.69, 9.17) is 10.2 Å². The van der Waals surface area contributed by atoms with E-state index < -0.39 is 29.3 Å². The van der Waals surface area contributed by atoms with E-state index in [0.29, 0.717) is 0 Å². The van der Waals surface area contributed by atoms with Crippen LogP contribution in [-0.4, -0.2) is 33.1 Å². The topological polar surface area (TPSA) is 130 Å². The van der Waals surface area contributed by atoms with Gasteiger partial charge in [-0.25, -0.2) is 4.79 Å². The second kappa shape index (κ2) is 5.62. The van der Waals surface area contributed by atoms with Crippen LogP contribution < -0.4 is 5.32 Å². The molecule has 96 valence electrons. The first-order valence-corrected chi connectivity index (χ1v) is 4.86. The van der Waals surface area contributed by atoms with Gasteiger partial charge in [0, 0.05) is 6.07 Å². The Hall–Kier alpha value is -2.64. The van der Waals surface area contributed by atoms with E-state index in [2.05, 4.69) is 5.32 Å². The van der Waals surface area contributed by atoms with Gasteiger partial charge < -0.3 is 15.5 Å². The Labute approximate surface area is 101 Å². The van der Waals surface area contributed by atoms with E-state index in [1.54, 1.807) is 0 Å². The van der Waals surface area contributed by atoms with Crippen molar-refractivity contribution in [2.24, 2.45) is 0 Å². The summed E-state index contributed by atoms with van der Waals surface area (Å²) in [5.74, 6) is -2.70. The monoisotopic (exact) mass is 254 g/mol. The molecule has 0 heterocycles. The molecule has 0 saturated heterocycles. The number of aliphatic carboxylic acids is 2. The highest BCUT2D eigenvalue weighted by atomic mass is 16.6.